The zero-order valence-corrected chi connectivity index (χ0v) is 14.0. The van der Waals surface area contributed by atoms with Gasteiger partial charge in [0, 0.05) is 22.6 Å². The molecular formula is C15H24BrN3O. The smallest absolute Gasteiger partial charge is 0.225 e. The number of halogens is 1. The number of nitrogens with one attached hydrogen (secondary N) is 2. The van der Waals surface area contributed by atoms with Gasteiger partial charge in [-0.2, -0.15) is 0 Å². The quantitative estimate of drug-likeness (QED) is 0.714. The van der Waals surface area contributed by atoms with Crippen LogP contribution >= 0.6 is 15.9 Å². The Morgan fingerprint density at radius 1 is 1.30 bits per heavy atom. The van der Waals surface area contributed by atoms with Crippen molar-refractivity contribution in [3.8, 4) is 0 Å². The summed E-state index contributed by atoms with van der Waals surface area (Å²) in [5.41, 5.74) is 0.831. The Kier molecular flexibility index (Phi) is 7.80. The molecule has 1 aromatic carbocycles. The molecular weight excluding hydrogens is 318 g/mol. The van der Waals surface area contributed by atoms with E-state index in [0.29, 0.717) is 6.42 Å². The standard InChI is InChI=1S/C15H24BrN3O/c1-12(17-9-4-10-19(2)3)11-15(20)18-14-7-5-13(16)6-8-14/h5-8,12,17H,4,9-11H2,1-3H3,(H,18,20). The number of carbonyl (C=O) groups is 1. The van der Waals surface area contributed by atoms with Gasteiger partial charge in [0.05, 0.1) is 0 Å². The van der Waals surface area contributed by atoms with Gasteiger partial charge in [0.15, 0.2) is 0 Å². The number of amides is 1. The molecule has 20 heavy (non-hydrogen) atoms. The molecule has 1 aromatic rings. The van der Waals surface area contributed by atoms with Crippen molar-refractivity contribution < 1.29 is 4.79 Å². The lowest BCUT2D eigenvalue weighted by molar-refractivity contribution is -0.116. The monoisotopic (exact) mass is 341 g/mol. The van der Waals surface area contributed by atoms with E-state index in [2.05, 4.69) is 45.6 Å². The van der Waals surface area contributed by atoms with Crippen molar-refractivity contribution in [2.45, 2.75) is 25.8 Å². The fourth-order valence-electron chi connectivity index (χ4n) is 1.84. The number of carbonyl (C=O) groups excluding carboxylic acids is 1. The second-order valence-corrected chi connectivity index (χ2v) is 6.19. The van der Waals surface area contributed by atoms with E-state index < -0.39 is 0 Å². The zero-order valence-electron chi connectivity index (χ0n) is 12.4. The number of anilines is 1. The number of nitrogens with zero attached hydrogens (tertiary/aromatic N) is 1. The van der Waals surface area contributed by atoms with Crippen LogP contribution in [0.2, 0.25) is 0 Å². The van der Waals surface area contributed by atoms with E-state index in [1.54, 1.807) is 0 Å². The van der Waals surface area contributed by atoms with Crippen molar-refractivity contribution in [3.05, 3.63) is 28.7 Å². The number of benzene rings is 1. The first kappa shape index (κ1) is 17.1. The first-order valence-electron chi connectivity index (χ1n) is 6.91. The first-order chi connectivity index (χ1) is 9.47. The van der Waals surface area contributed by atoms with E-state index in [1.165, 1.54) is 0 Å². The molecule has 0 spiro atoms. The predicted octanol–water partition coefficient (Wildman–Crippen LogP) is 2.71. The summed E-state index contributed by atoms with van der Waals surface area (Å²) in [4.78, 5) is 14.0. The van der Waals surface area contributed by atoms with Gasteiger partial charge in [-0.3, -0.25) is 4.79 Å². The van der Waals surface area contributed by atoms with E-state index >= 15 is 0 Å². The van der Waals surface area contributed by atoms with Crippen molar-refractivity contribution in [2.24, 2.45) is 0 Å². The maximum absolute atomic E-state index is 11.9. The molecule has 0 fully saturated rings. The average Bonchev–Trinajstić information content (AvgIpc) is 2.37. The van der Waals surface area contributed by atoms with Crippen LogP contribution in [0.25, 0.3) is 0 Å². The van der Waals surface area contributed by atoms with Gasteiger partial charge in [0.25, 0.3) is 0 Å². The van der Waals surface area contributed by atoms with Crippen LogP contribution in [0.4, 0.5) is 5.69 Å². The van der Waals surface area contributed by atoms with Crippen molar-refractivity contribution >= 4 is 27.5 Å². The molecule has 0 radical (unpaired) electrons. The third-order valence-electron chi connectivity index (χ3n) is 2.89. The van der Waals surface area contributed by atoms with Gasteiger partial charge in [0.2, 0.25) is 5.91 Å². The Hall–Kier alpha value is -0.910. The average molecular weight is 342 g/mol. The maximum atomic E-state index is 11.9. The Bertz CT molecular complexity index is 406. The molecule has 0 aromatic heterocycles. The van der Waals surface area contributed by atoms with Crippen LogP contribution in [-0.4, -0.2) is 44.0 Å². The summed E-state index contributed by atoms with van der Waals surface area (Å²) < 4.78 is 1.01. The SMILES string of the molecule is CC(CC(=O)Nc1ccc(Br)cc1)NCCCN(C)C. The summed E-state index contributed by atoms with van der Waals surface area (Å²) in [7, 11) is 4.13. The minimum atomic E-state index is 0.0416. The van der Waals surface area contributed by atoms with Crippen LogP contribution < -0.4 is 10.6 Å². The predicted molar refractivity (Wildman–Crippen MR) is 88.0 cm³/mol. The van der Waals surface area contributed by atoms with E-state index in [4.69, 9.17) is 0 Å². The van der Waals surface area contributed by atoms with Gasteiger partial charge >= 0.3 is 0 Å². The van der Waals surface area contributed by atoms with Crippen molar-refractivity contribution in [1.29, 1.82) is 0 Å². The second kappa shape index (κ2) is 9.10. The number of hydrogen-bond donors (Lipinski definition) is 2. The molecule has 0 aliphatic carbocycles. The van der Waals surface area contributed by atoms with Crippen molar-refractivity contribution in [3.63, 3.8) is 0 Å². The minimum absolute atomic E-state index is 0.0416. The molecule has 0 heterocycles. The van der Waals surface area contributed by atoms with E-state index in [1.807, 2.05) is 31.2 Å². The van der Waals surface area contributed by atoms with Gasteiger partial charge in [0.1, 0.15) is 0 Å². The molecule has 1 rings (SSSR count). The Morgan fingerprint density at radius 3 is 2.55 bits per heavy atom. The van der Waals surface area contributed by atoms with Gasteiger partial charge in [-0.1, -0.05) is 15.9 Å². The second-order valence-electron chi connectivity index (χ2n) is 5.27. The largest absolute Gasteiger partial charge is 0.326 e. The summed E-state index contributed by atoms with van der Waals surface area (Å²) in [5, 5.41) is 6.27. The van der Waals surface area contributed by atoms with E-state index in [0.717, 1.165) is 29.7 Å². The highest BCUT2D eigenvalue weighted by molar-refractivity contribution is 9.10. The van der Waals surface area contributed by atoms with Gasteiger partial charge in [-0.25, -0.2) is 0 Å². The molecule has 1 amide bonds. The fraction of sp³-hybridized carbons (Fsp3) is 0.533. The molecule has 5 heteroatoms. The summed E-state index contributed by atoms with van der Waals surface area (Å²) in [5.74, 6) is 0.0416. The summed E-state index contributed by atoms with van der Waals surface area (Å²) in [6.45, 7) is 4.03. The molecule has 2 N–H and O–H groups in total. The number of hydrogen-bond acceptors (Lipinski definition) is 3. The fourth-order valence-corrected chi connectivity index (χ4v) is 2.10. The molecule has 0 aliphatic heterocycles. The van der Waals surface area contributed by atoms with E-state index in [9.17, 15) is 4.79 Å². The molecule has 0 saturated carbocycles. The van der Waals surface area contributed by atoms with Crippen LogP contribution in [0.1, 0.15) is 19.8 Å². The van der Waals surface area contributed by atoms with Crippen LogP contribution in [0.3, 0.4) is 0 Å². The molecule has 1 atom stereocenters. The molecule has 112 valence electrons. The number of rotatable bonds is 8. The molecule has 0 aliphatic rings. The van der Waals surface area contributed by atoms with Crippen LogP contribution in [0.5, 0.6) is 0 Å². The van der Waals surface area contributed by atoms with Crippen LogP contribution in [-0.2, 0) is 4.79 Å². The van der Waals surface area contributed by atoms with Crippen molar-refractivity contribution in [1.82, 2.24) is 10.2 Å². The minimum Gasteiger partial charge on any atom is -0.326 e. The lowest BCUT2D eigenvalue weighted by Gasteiger charge is -2.15. The van der Waals surface area contributed by atoms with Gasteiger partial charge in [-0.05, 0) is 64.8 Å². The highest BCUT2D eigenvalue weighted by atomic mass is 79.9. The van der Waals surface area contributed by atoms with Crippen LogP contribution in [0.15, 0.2) is 28.7 Å². The highest BCUT2D eigenvalue weighted by Gasteiger charge is 2.08. The summed E-state index contributed by atoms with van der Waals surface area (Å²) in [6, 6.07) is 7.79. The van der Waals surface area contributed by atoms with Gasteiger partial charge in [-0.15, -0.1) is 0 Å². The summed E-state index contributed by atoms with van der Waals surface area (Å²) in [6.07, 6.45) is 1.57. The Balaban J connectivity index is 2.22. The first-order valence-corrected chi connectivity index (χ1v) is 7.70. The Labute approximate surface area is 130 Å². The van der Waals surface area contributed by atoms with Crippen molar-refractivity contribution in [2.75, 3.05) is 32.5 Å². The molecule has 0 bridgehead atoms. The molecule has 4 nitrogen and oxygen atoms in total. The lowest BCUT2D eigenvalue weighted by Crippen LogP contribution is -2.32. The third-order valence-corrected chi connectivity index (χ3v) is 3.42. The summed E-state index contributed by atoms with van der Waals surface area (Å²) >= 11 is 3.37. The maximum Gasteiger partial charge on any atom is 0.225 e. The van der Waals surface area contributed by atoms with Crippen LogP contribution in [0, 0.1) is 0 Å². The highest BCUT2D eigenvalue weighted by Crippen LogP contribution is 2.14. The van der Waals surface area contributed by atoms with E-state index in [-0.39, 0.29) is 11.9 Å². The topological polar surface area (TPSA) is 44.4 Å². The molecule has 0 saturated heterocycles. The molecule has 1 unspecified atom stereocenters. The lowest BCUT2D eigenvalue weighted by atomic mass is 10.2. The zero-order chi connectivity index (χ0) is 15.0. The third kappa shape index (κ3) is 7.62. The van der Waals surface area contributed by atoms with Gasteiger partial charge < -0.3 is 15.5 Å². The Morgan fingerprint density at radius 2 is 1.95 bits per heavy atom. The normalized spacial score (nSPS) is 12.4.